The molecule has 3 nitrogen and oxygen atoms in total. The smallest absolute Gasteiger partial charge is 0.286 e. The molecule has 1 heterocycles. The molecule has 0 aliphatic heterocycles. The van der Waals surface area contributed by atoms with Crippen molar-refractivity contribution >= 4 is 0 Å². The van der Waals surface area contributed by atoms with E-state index in [1.54, 1.807) is 6.07 Å². The van der Waals surface area contributed by atoms with Gasteiger partial charge in [0.25, 0.3) is 5.56 Å². The van der Waals surface area contributed by atoms with E-state index in [4.69, 9.17) is 0 Å². The van der Waals surface area contributed by atoms with E-state index in [0.717, 1.165) is 30.4 Å². The van der Waals surface area contributed by atoms with Gasteiger partial charge < -0.3 is 5.21 Å². The van der Waals surface area contributed by atoms with Crippen molar-refractivity contribution in [2.45, 2.75) is 46.0 Å². The van der Waals surface area contributed by atoms with Crippen molar-refractivity contribution in [3.63, 3.8) is 0 Å². The van der Waals surface area contributed by atoms with Gasteiger partial charge in [-0.05, 0) is 31.4 Å². The lowest BCUT2D eigenvalue weighted by molar-refractivity contribution is 0.173. The van der Waals surface area contributed by atoms with Crippen molar-refractivity contribution in [3.8, 4) is 0 Å². The minimum atomic E-state index is -0.272. The van der Waals surface area contributed by atoms with Gasteiger partial charge in [0.15, 0.2) is 0 Å². The first kappa shape index (κ1) is 11.8. The third-order valence-electron chi connectivity index (χ3n) is 2.69. The molecule has 84 valence electrons. The maximum atomic E-state index is 11.6. The lowest BCUT2D eigenvalue weighted by Gasteiger charge is -2.05. The molecule has 0 amide bonds. The van der Waals surface area contributed by atoms with Crippen LogP contribution in [0.2, 0.25) is 0 Å². The molecule has 1 rings (SSSR count). The van der Waals surface area contributed by atoms with Gasteiger partial charge in [0.1, 0.15) is 0 Å². The summed E-state index contributed by atoms with van der Waals surface area (Å²) in [7, 11) is 0. The Balaban J connectivity index is 2.68. The van der Waals surface area contributed by atoms with E-state index >= 15 is 0 Å². The first-order valence-electron chi connectivity index (χ1n) is 5.57. The minimum Gasteiger partial charge on any atom is -0.425 e. The van der Waals surface area contributed by atoms with E-state index in [-0.39, 0.29) is 5.56 Å². The number of hydrogen-bond donors (Lipinski definition) is 1. The average Bonchev–Trinajstić information content (AvgIpc) is 2.23. The summed E-state index contributed by atoms with van der Waals surface area (Å²) in [6.45, 7) is 4.07. The standard InChI is InChI=1S/C12H19NO2/c1-3-4-5-6-7-11-10(2)8-9-13(15)12(11)14/h8-9,15H,3-7H2,1-2H3. The van der Waals surface area contributed by atoms with Crippen LogP contribution < -0.4 is 5.56 Å². The Bertz CT molecular complexity index is 368. The molecule has 0 aliphatic rings. The normalized spacial score (nSPS) is 10.5. The Morgan fingerprint density at radius 2 is 2.07 bits per heavy atom. The van der Waals surface area contributed by atoms with Crippen molar-refractivity contribution in [2.24, 2.45) is 0 Å². The van der Waals surface area contributed by atoms with E-state index in [1.165, 1.54) is 19.0 Å². The second kappa shape index (κ2) is 5.59. The minimum absolute atomic E-state index is 0.272. The van der Waals surface area contributed by atoms with Crippen molar-refractivity contribution in [1.82, 2.24) is 4.73 Å². The maximum absolute atomic E-state index is 11.6. The van der Waals surface area contributed by atoms with Gasteiger partial charge in [-0.1, -0.05) is 26.2 Å². The predicted octanol–water partition coefficient (Wildman–Crippen LogP) is 2.52. The molecule has 0 saturated carbocycles. The number of nitrogens with zero attached hydrogens (tertiary/aromatic N) is 1. The van der Waals surface area contributed by atoms with Crippen LogP contribution in [0.15, 0.2) is 17.1 Å². The molecule has 0 fully saturated rings. The van der Waals surface area contributed by atoms with Crippen LogP contribution in [0.5, 0.6) is 0 Å². The summed E-state index contributed by atoms with van der Waals surface area (Å²) < 4.78 is 0.669. The van der Waals surface area contributed by atoms with Crippen molar-refractivity contribution in [1.29, 1.82) is 0 Å². The maximum Gasteiger partial charge on any atom is 0.286 e. The second-order valence-electron chi connectivity index (χ2n) is 3.94. The first-order valence-corrected chi connectivity index (χ1v) is 5.57. The Hall–Kier alpha value is -1.25. The fraction of sp³-hybridized carbons (Fsp3) is 0.583. The van der Waals surface area contributed by atoms with Crippen LogP contribution in [0.25, 0.3) is 0 Å². The number of aryl methyl sites for hydroxylation is 1. The molecule has 3 heteroatoms. The summed E-state index contributed by atoms with van der Waals surface area (Å²) in [4.78, 5) is 11.6. The third-order valence-corrected chi connectivity index (χ3v) is 2.69. The topological polar surface area (TPSA) is 42.2 Å². The highest BCUT2D eigenvalue weighted by atomic mass is 16.5. The monoisotopic (exact) mass is 209 g/mol. The fourth-order valence-electron chi connectivity index (χ4n) is 1.69. The Kier molecular flexibility index (Phi) is 4.40. The summed E-state index contributed by atoms with van der Waals surface area (Å²) in [5, 5.41) is 9.23. The molecule has 15 heavy (non-hydrogen) atoms. The highest BCUT2D eigenvalue weighted by Crippen LogP contribution is 2.08. The van der Waals surface area contributed by atoms with Gasteiger partial charge in [-0.25, -0.2) is 0 Å². The quantitative estimate of drug-likeness (QED) is 0.598. The van der Waals surface area contributed by atoms with Gasteiger partial charge in [0, 0.05) is 11.8 Å². The van der Waals surface area contributed by atoms with Crippen molar-refractivity contribution in [2.75, 3.05) is 0 Å². The molecular weight excluding hydrogens is 190 g/mol. The van der Waals surface area contributed by atoms with Crippen LogP contribution in [0.3, 0.4) is 0 Å². The van der Waals surface area contributed by atoms with Crippen LogP contribution in [0, 0.1) is 6.92 Å². The Morgan fingerprint density at radius 3 is 2.73 bits per heavy atom. The number of pyridine rings is 1. The molecule has 1 N–H and O–H groups in total. The van der Waals surface area contributed by atoms with Crippen molar-refractivity contribution < 1.29 is 5.21 Å². The fourth-order valence-corrected chi connectivity index (χ4v) is 1.69. The predicted molar refractivity (Wildman–Crippen MR) is 60.5 cm³/mol. The molecular formula is C12H19NO2. The number of hydrogen-bond acceptors (Lipinski definition) is 2. The molecule has 1 aromatic heterocycles. The SMILES string of the molecule is CCCCCCc1c(C)ccn(O)c1=O. The summed E-state index contributed by atoms with van der Waals surface area (Å²) in [5.41, 5.74) is 1.45. The van der Waals surface area contributed by atoms with Gasteiger partial charge in [-0.15, -0.1) is 0 Å². The van der Waals surface area contributed by atoms with Gasteiger partial charge in [0.2, 0.25) is 0 Å². The average molecular weight is 209 g/mol. The van der Waals surface area contributed by atoms with Crippen LogP contribution in [0.1, 0.15) is 43.7 Å². The zero-order valence-corrected chi connectivity index (χ0v) is 9.49. The summed E-state index contributed by atoms with van der Waals surface area (Å²) in [6, 6.07) is 1.77. The van der Waals surface area contributed by atoms with E-state index in [2.05, 4.69) is 6.92 Å². The molecule has 0 radical (unpaired) electrons. The molecule has 0 atom stereocenters. The number of unbranched alkanes of at least 4 members (excludes halogenated alkanes) is 3. The Morgan fingerprint density at radius 1 is 1.33 bits per heavy atom. The molecule has 0 saturated heterocycles. The third kappa shape index (κ3) is 3.11. The first-order chi connectivity index (χ1) is 7.16. The summed E-state index contributed by atoms with van der Waals surface area (Å²) in [6.07, 6.45) is 6.74. The Labute approximate surface area is 90.3 Å². The van der Waals surface area contributed by atoms with Crippen LogP contribution >= 0.6 is 0 Å². The second-order valence-corrected chi connectivity index (χ2v) is 3.94. The number of aromatic nitrogens is 1. The molecule has 1 aromatic rings. The van der Waals surface area contributed by atoms with Crippen LogP contribution in [-0.2, 0) is 6.42 Å². The molecule has 0 bridgehead atoms. The van der Waals surface area contributed by atoms with Gasteiger partial charge in [-0.2, -0.15) is 4.73 Å². The van der Waals surface area contributed by atoms with E-state index in [0.29, 0.717) is 4.73 Å². The van der Waals surface area contributed by atoms with Gasteiger partial charge >= 0.3 is 0 Å². The van der Waals surface area contributed by atoms with E-state index in [9.17, 15) is 10.0 Å². The van der Waals surface area contributed by atoms with Crippen molar-refractivity contribution in [3.05, 3.63) is 33.7 Å². The molecule has 0 aromatic carbocycles. The molecule has 0 unspecified atom stereocenters. The van der Waals surface area contributed by atoms with Crippen LogP contribution in [-0.4, -0.2) is 9.94 Å². The molecule has 0 aliphatic carbocycles. The van der Waals surface area contributed by atoms with Crippen LogP contribution in [0.4, 0.5) is 0 Å². The summed E-state index contributed by atoms with van der Waals surface area (Å²) in [5.74, 6) is 0. The zero-order valence-electron chi connectivity index (χ0n) is 9.49. The lowest BCUT2D eigenvalue weighted by atomic mass is 10.0. The lowest BCUT2D eigenvalue weighted by Crippen LogP contribution is -2.22. The van der Waals surface area contributed by atoms with E-state index < -0.39 is 0 Å². The highest BCUT2D eigenvalue weighted by molar-refractivity contribution is 5.21. The molecule has 0 spiro atoms. The highest BCUT2D eigenvalue weighted by Gasteiger charge is 2.05. The van der Waals surface area contributed by atoms with E-state index in [1.807, 2.05) is 6.92 Å². The van der Waals surface area contributed by atoms with Gasteiger partial charge in [-0.3, -0.25) is 4.79 Å². The summed E-state index contributed by atoms with van der Waals surface area (Å²) >= 11 is 0. The number of rotatable bonds is 5. The van der Waals surface area contributed by atoms with Gasteiger partial charge in [0.05, 0.1) is 0 Å². The largest absolute Gasteiger partial charge is 0.425 e. The zero-order chi connectivity index (χ0) is 11.3.